The lowest BCUT2D eigenvalue weighted by molar-refractivity contribution is 0.0637. The van der Waals surface area contributed by atoms with Crippen LogP contribution in [-0.2, 0) is 6.54 Å². The second-order valence-corrected chi connectivity index (χ2v) is 5.69. The van der Waals surface area contributed by atoms with E-state index in [1.165, 1.54) is 6.33 Å². The molecule has 0 unspecified atom stereocenters. The smallest absolute Gasteiger partial charge is 0.272 e. The Bertz CT molecular complexity index is 670. The third-order valence-corrected chi connectivity index (χ3v) is 4.17. The lowest BCUT2D eigenvalue weighted by Gasteiger charge is -2.33. The predicted molar refractivity (Wildman–Crippen MR) is 91.6 cm³/mol. The van der Waals surface area contributed by atoms with E-state index in [-0.39, 0.29) is 5.91 Å². The fraction of sp³-hybridized carbons (Fsp3) is 0.412. The quantitative estimate of drug-likeness (QED) is 0.892. The van der Waals surface area contributed by atoms with Gasteiger partial charge in [-0.25, -0.2) is 9.97 Å². The maximum absolute atomic E-state index is 12.6. The van der Waals surface area contributed by atoms with Crippen molar-refractivity contribution in [2.45, 2.75) is 13.5 Å². The van der Waals surface area contributed by atoms with E-state index in [9.17, 15) is 4.79 Å². The minimum Gasteiger partial charge on any atom is -0.364 e. The van der Waals surface area contributed by atoms with E-state index in [0.29, 0.717) is 18.1 Å². The molecule has 3 rings (SSSR count). The third kappa shape index (κ3) is 4.05. The van der Waals surface area contributed by atoms with Crippen LogP contribution in [0, 0.1) is 0 Å². The van der Waals surface area contributed by atoms with Gasteiger partial charge in [-0.3, -0.25) is 9.78 Å². The highest BCUT2D eigenvalue weighted by Crippen LogP contribution is 2.10. The molecule has 2 aromatic rings. The fourth-order valence-electron chi connectivity index (χ4n) is 2.68. The SMILES string of the molecule is CCN1CCN(C(=O)c2cc(NCc3ccccn3)ncn2)CC1. The number of pyridine rings is 1. The van der Waals surface area contributed by atoms with Crippen LogP contribution in [0.1, 0.15) is 23.1 Å². The number of nitrogens with one attached hydrogen (secondary N) is 1. The van der Waals surface area contributed by atoms with Gasteiger partial charge in [-0.2, -0.15) is 0 Å². The molecule has 2 aromatic heterocycles. The summed E-state index contributed by atoms with van der Waals surface area (Å²) in [7, 11) is 0. The zero-order valence-electron chi connectivity index (χ0n) is 13.9. The number of carbonyl (C=O) groups is 1. The number of carbonyl (C=O) groups excluding carboxylic acids is 1. The first kappa shape index (κ1) is 16.3. The van der Waals surface area contributed by atoms with Crippen LogP contribution in [0.3, 0.4) is 0 Å². The molecule has 7 nitrogen and oxygen atoms in total. The van der Waals surface area contributed by atoms with Crippen molar-refractivity contribution >= 4 is 11.7 Å². The van der Waals surface area contributed by atoms with Crippen molar-refractivity contribution in [3.8, 4) is 0 Å². The van der Waals surface area contributed by atoms with E-state index in [2.05, 4.69) is 32.1 Å². The number of nitrogens with zero attached hydrogens (tertiary/aromatic N) is 5. The lowest BCUT2D eigenvalue weighted by atomic mass is 10.2. The summed E-state index contributed by atoms with van der Waals surface area (Å²) in [5, 5.41) is 3.18. The van der Waals surface area contributed by atoms with Gasteiger partial charge in [-0.05, 0) is 18.7 Å². The zero-order chi connectivity index (χ0) is 16.8. The van der Waals surface area contributed by atoms with Crippen LogP contribution in [-0.4, -0.2) is 63.4 Å². The molecule has 1 fully saturated rings. The van der Waals surface area contributed by atoms with E-state index in [4.69, 9.17) is 0 Å². The minimum absolute atomic E-state index is 0.0333. The van der Waals surface area contributed by atoms with Crippen molar-refractivity contribution in [1.29, 1.82) is 0 Å². The van der Waals surface area contributed by atoms with Gasteiger partial charge in [0.05, 0.1) is 12.2 Å². The van der Waals surface area contributed by atoms with Gasteiger partial charge in [0.1, 0.15) is 17.8 Å². The molecule has 0 saturated carbocycles. The Morgan fingerprint density at radius 3 is 2.71 bits per heavy atom. The molecule has 0 atom stereocenters. The van der Waals surface area contributed by atoms with Crippen molar-refractivity contribution in [3.05, 3.63) is 48.2 Å². The van der Waals surface area contributed by atoms with Gasteiger partial charge in [0.15, 0.2) is 0 Å². The number of rotatable bonds is 5. The number of anilines is 1. The topological polar surface area (TPSA) is 74.2 Å². The van der Waals surface area contributed by atoms with E-state index >= 15 is 0 Å². The molecular formula is C17H22N6O. The van der Waals surface area contributed by atoms with Gasteiger partial charge in [-0.15, -0.1) is 0 Å². The van der Waals surface area contributed by atoms with Crippen molar-refractivity contribution < 1.29 is 4.79 Å². The molecule has 0 aliphatic carbocycles. The summed E-state index contributed by atoms with van der Waals surface area (Å²) >= 11 is 0. The monoisotopic (exact) mass is 326 g/mol. The molecule has 3 heterocycles. The molecule has 1 N–H and O–H groups in total. The van der Waals surface area contributed by atoms with Crippen LogP contribution in [0.5, 0.6) is 0 Å². The molecule has 0 spiro atoms. The summed E-state index contributed by atoms with van der Waals surface area (Å²) in [5.74, 6) is 0.597. The highest BCUT2D eigenvalue weighted by molar-refractivity contribution is 5.93. The minimum atomic E-state index is -0.0333. The molecule has 126 valence electrons. The van der Waals surface area contributed by atoms with Crippen LogP contribution >= 0.6 is 0 Å². The van der Waals surface area contributed by atoms with Gasteiger partial charge < -0.3 is 15.1 Å². The Labute approximate surface area is 141 Å². The highest BCUT2D eigenvalue weighted by Gasteiger charge is 2.22. The molecule has 7 heteroatoms. The fourth-order valence-corrected chi connectivity index (χ4v) is 2.68. The normalized spacial score (nSPS) is 15.3. The molecule has 0 radical (unpaired) electrons. The molecule has 1 aliphatic rings. The van der Waals surface area contributed by atoms with Gasteiger partial charge in [0, 0.05) is 38.4 Å². The van der Waals surface area contributed by atoms with Crippen molar-refractivity contribution in [2.75, 3.05) is 38.0 Å². The Morgan fingerprint density at radius 1 is 1.17 bits per heavy atom. The van der Waals surface area contributed by atoms with E-state index in [1.54, 1.807) is 12.3 Å². The molecule has 1 aliphatic heterocycles. The lowest BCUT2D eigenvalue weighted by Crippen LogP contribution is -2.48. The molecular weight excluding hydrogens is 304 g/mol. The van der Waals surface area contributed by atoms with Crippen molar-refractivity contribution in [2.24, 2.45) is 0 Å². The predicted octanol–water partition coefficient (Wildman–Crippen LogP) is 1.26. The maximum atomic E-state index is 12.6. The summed E-state index contributed by atoms with van der Waals surface area (Å²) in [5.41, 5.74) is 1.35. The number of hydrogen-bond donors (Lipinski definition) is 1. The maximum Gasteiger partial charge on any atom is 0.272 e. The van der Waals surface area contributed by atoms with Gasteiger partial charge >= 0.3 is 0 Å². The highest BCUT2D eigenvalue weighted by atomic mass is 16.2. The van der Waals surface area contributed by atoms with Gasteiger partial charge in [0.25, 0.3) is 5.91 Å². The first-order valence-electron chi connectivity index (χ1n) is 8.23. The molecule has 0 bridgehead atoms. The van der Waals surface area contributed by atoms with Crippen LogP contribution in [0.25, 0.3) is 0 Å². The largest absolute Gasteiger partial charge is 0.364 e. The standard InChI is InChI=1S/C17H22N6O/c1-2-22-7-9-23(10-8-22)17(24)15-11-16(21-13-20-15)19-12-14-5-3-4-6-18-14/h3-6,11,13H,2,7-10,12H2,1H3,(H,19,20,21). The second kappa shape index (κ2) is 7.83. The average molecular weight is 326 g/mol. The Balaban J connectivity index is 1.61. The Hall–Kier alpha value is -2.54. The number of aromatic nitrogens is 3. The summed E-state index contributed by atoms with van der Waals surface area (Å²) in [6.07, 6.45) is 3.18. The Morgan fingerprint density at radius 2 is 2.00 bits per heavy atom. The number of amides is 1. The Kier molecular flexibility index (Phi) is 5.32. The first-order chi connectivity index (χ1) is 11.8. The first-order valence-corrected chi connectivity index (χ1v) is 8.23. The van der Waals surface area contributed by atoms with Gasteiger partial charge in [-0.1, -0.05) is 13.0 Å². The molecule has 0 aromatic carbocycles. The summed E-state index contributed by atoms with van der Waals surface area (Å²) < 4.78 is 0. The number of likely N-dealkylation sites (N-methyl/N-ethyl adjacent to an activating group) is 1. The molecule has 1 saturated heterocycles. The number of piperazine rings is 1. The molecule has 24 heavy (non-hydrogen) atoms. The van der Waals surface area contributed by atoms with Gasteiger partial charge in [0.2, 0.25) is 0 Å². The van der Waals surface area contributed by atoms with Crippen LogP contribution < -0.4 is 5.32 Å². The zero-order valence-corrected chi connectivity index (χ0v) is 13.9. The van der Waals surface area contributed by atoms with Crippen LogP contribution in [0.2, 0.25) is 0 Å². The van der Waals surface area contributed by atoms with Crippen LogP contribution in [0.15, 0.2) is 36.8 Å². The van der Waals surface area contributed by atoms with Crippen LogP contribution in [0.4, 0.5) is 5.82 Å². The average Bonchev–Trinajstić information content (AvgIpc) is 2.67. The van der Waals surface area contributed by atoms with Crippen molar-refractivity contribution in [3.63, 3.8) is 0 Å². The molecule has 1 amide bonds. The third-order valence-electron chi connectivity index (χ3n) is 4.17. The van der Waals surface area contributed by atoms with E-state index < -0.39 is 0 Å². The summed E-state index contributed by atoms with van der Waals surface area (Å²) in [4.78, 5) is 29.4. The van der Waals surface area contributed by atoms with Crippen molar-refractivity contribution in [1.82, 2.24) is 24.8 Å². The number of hydrogen-bond acceptors (Lipinski definition) is 6. The van der Waals surface area contributed by atoms with E-state index in [1.807, 2.05) is 23.1 Å². The van der Waals surface area contributed by atoms with E-state index in [0.717, 1.165) is 38.4 Å². The summed E-state index contributed by atoms with van der Waals surface area (Å²) in [6, 6.07) is 7.46. The second-order valence-electron chi connectivity index (χ2n) is 5.69. The summed E-state index contributed by atoms with van der Waals surface area (Å²) in [6.45, 7) is 7.04.